The lowest BCUT2D eigenvalue weighted by molar-refractivity contribution is -0.136. The molecule has 33 heavy (non-hydrogen) atoms. The average Bonchev–Trinajstić information content (AvgIpc) is 2.68. The Bertz CT molecular complexity index is 918. The van der Waals surface area contributed by atoms with Crippen LogP contribution in [0.1, 0.15) is 56.9 Å². The van der Waals surface area contributed by atoms with E-state index in [0.717, 1.165) is 23.1 Å². The summed E-state index contributed by atoms with van der Waals surface area (Å²) in [5.74, 6) is -0.763. The fraction of sp³-hybridized carbons (Fsp3) is 0.500. The lowest BCUT2D eigenvalue weighted by Crippen LogP contribution is -2.44. The van der Waals surface area contributed by atoms with Crippen LogP contribution in [0.15, 0.2) is 42.5 Å². The van der Waals surface area contributed by atoms with E-state index in [1.165, 1.54) is 6.07 Å². The number of carboxylic acid groups (broad SMARTS) is 1. The van der Waals surface area contributed by atoms with Crippen LogP contribution in [-0.2, 0) is 22.1 Å². The normalized spacial score (nSPS) is 14.1. The van der Waals surface area contributed by atoms with Gasteiger partial charge in [-0.2, -0.15) is 0 Å². The zero-order valence-electron chi connectivity index (χ0n) is 20.7. The summed E-state index contributed by atoms with van der Waals surface area (Å²) in [4.78, 5) is 10.9. The molecule has 0 aliphatic rings. The number of phenolic OH excluding ortho intramolecular Hbond substituents is 2. The molecule has 2 aromatic rings. The summed E-state index contributed by atoms with van der Waals surface area (Å²) < 4.78 is 6.67. The second kappa shape index (κ2) is 11.2. The van der Waals surface area contributed by atoms with Gasteiger partial charge in [0.25, 0.3) is 0 Å². The van der Waals surface area contributed by atoms with Crippen molar-refractivity contribution in [3.05, 3.63) is 59.2 Å². The Morgan fingerprint density at radius 1 is 1.06 bits per heavy atom. The van der Waals surface area contributed by atoms with Gasteiger partial charge in [0.1, 0.15) is 11.5 Å². The van der Waals surface area contributed by atoms with Gasteiger partial charge in [0.15, 0.2) is 8.32 Å². The molecule has 0 spiro atoms. The maximum absolute atomic E-state index is 10.9. The molecule has 0 saturated heterocycles. The highest BCUT2D eigenvalue weighted by atomic mass is 28.4. The number of carboxylic acids is 1. The highest BCUT2D eigenvalue weighted by Crippen LogP contribution is 2.40. The van der Waals surface area contributed by atoms with Crippen molar-refractivity contribution in [2.24, 2.45) is 0 Å². The molecule has 182 valence electrons. The Hall–Kier alpha value is -2.35. The number of rotatable bonds is 11. The maximum atomic E-state index is 10.9. The Labute approximate surface area is 198 Å². The highest BCUT2D eigenvalue weighted by molar-refractivity contribution is 6.74. The van der Waals surface area contributed by atoms with Gasteiger partial charge in [-0.25, -0.2) is 0 Å². The second-order valence-corrected chi connectivity index (χ2v) is 15.1. The van der Waals surface area contributed by atoms with Gasteiger partial charge >= 0.3 is 5.97 Å². The fourth-order valence-electron chi connectivity index (χ4n) is 3.46. The van der Waals surface area contributed by atoms with Crippen molar-refractivity contribution in [1.29, 1.82) is 0 Å². The summed E-state index contributed by atoms with van der Waals surface area (Å²) in [7, 11) is -2.11. The van der Waals surface area contributed by atoms with Crippen LogP contribution in [0.4, 0.5) is 0 Å². The lowest BCUT2D eigenvalue weighted by Gasteiger charge is -2.39. The SMILES string of the molecule is C[C@H](Cc1cccc(CCC(=O)O)c1)NC[C@H](O[Si](C)(C)C(C)(C)C)c1cc(O)cc(O)c1. The summed E-state index contributed by atoms with van der Waals surface area (Å²) in [6.45, 7) is 13.6. The van der Waals surface area contributed by atoms with Crippen LogP contribution in [-0.4, -0.2) is 42.2 Å². The van der Waals surface area contributed by atoms with E-state index in [2.05, 4.69) is 58.2 Å². The molecule has 0 radical (unpaired) electrons. The van der Waals surface area contributed by atoms with Crippen LogP contribution in [0.2, 0.25) is 18.1 Å². The monoisotopic (exact) mass is 473 g/mol. The molecule has 2 rings (SSSR count). The van der Waals surface area contributed by atoms with Gasteiger partial charge in [-0.1, -0.05) is 45.0 Å². The number of nitrogens with one attached hydrogen (secondary N) is 1. The van der Waals surface area contributed by atoms with E-state index in [4.69, 9.17) is 9.53 Å². The molecule has 6 nitrogen and oxygen atoms in total. The van der Waals surface area contributed by atoms with Crippen LogP contribution in [0.5, 0.6) is 11.5 Å². The van der Waals surface area contributed by atoms with E-state index in [9.17, 15) is 15.0 Å². The molecule has 0 aliphatic carbocycles. The molecule has 0 heterocycles. The van der Waals surface area contributed by atoms with Crippen LogP contribution in [0, 0.1) is 0 Å². The minimum atomic E-state index is -2.11. The van der Waals surface area contributed by atoms with E-state index < -0.39 is 14.3 Å². The topological polar surface area (TPSA) is 99.0 Å². The van der Waals surface area contributed by atoms with Gasteiger partial charge in [0.05, 0.1) is 6.10 Å². The molecule has 4 N–H and O–H groups in total. The number of hydrogen-bond acceptors (Lipinski definition) is 5. The molecule has 2 aromatic carbocycles. The minimum absolute atomic E-state index is 0.0139. The van der Waals surface area contributed by atoms with Crippen LogP contribution in [0.25, 0.3) is 0 Å². The average molecular weight is 474 g/mol. The molecule has 7 heteroatoms. The van der Waals surface area contributed by atoms with E-state index in [1.807, 2.05) is 12.1 Å². The van der Waals surface area contributed by atoms with Crippen LogP contribution < -0.4 is 5.32 Å². The molecular formula is C26H39NO5Si. The highest BCUT2D eigenvalue weighted by Gasteiger charge is 2.39. The lowest BCUT2D eigenvalue weighted by atomic mass is 10.0. The summed E-state index contributed by atoms with van der Waals surface area (Å²) in [5, 5.41) is 32.5. The summed E-state index contributed by atoms with van der Waals surface area (Å²) in [6, 6.07) is 12.8. The predicted octanol–water partition coefficient (Wildman–Crippen LogP) is 5.40. The van der Waals surface area contributed by atoms with E-state index in [-0.39, 0.29) is 35.1 Å². The molecule has 0 bridgehead atoms. The minimum Gasteiger partial charge on any atom is -0.508 e. The number of aromatic hydroxyl groups is 2. The molecule has 2 atom stereocenters. The first kappa shape index (κ1) is 26.9. The first-order valence-electron chi connectivity index (χ1n) is 11.5. The molecule has 0 aliphatic heterocycles. The molecule has 0 amide bonds. The van der Waals surface area contributed by atoms with Gasteiger partial charge in [-0.15, -0.1) is 0 Å². The largest absolute Gasteiger partial charge is 0.508 e. The van der Waals surface area contributed by atoms with Gasteiger partial charge in [0, 0.05) is 25.1 Å². The summed E-state index contributed by atoms with van der Waals surface area (Å²) in [5.41, 5.74) is 2.92. The number of phenols is 2. The molecule has 0 unspecified atom stereocenters. The van der Waals surface area contributed by atoms with E-state index >= 15 is 0 Å². The van der Waals surface area contributed by atoms with Gasteiger partial charge in [-0.05, 0) is 66.7 Å². The number of benzene rings is 2. The van der Waals surface area contributed by atoms with Crippen molar-refractivity contribution in [3.63, 3.8) is 0 Å². The van der Waals surface area contributed by atoms with E-state index in [1.54, 1.807) is 12.1 Å². The smallest absolute Gasteiger partial charge is 0.303 e. The summed E-state index contributed by atoms with van der Waals surface area (Å²) >= 11 is 0. The second-order valence-electron chi connectivity index (χ2n) is 10.4. The first-order chi connectivity index (χ1) is 15.3. The molecule has 0 aromatic heterocycles. The Balaban J connectivity index is 2.11. The first-order valence-corrected chi connectivity index (χ1v) is 14.4. The van der Waals surface area contributed by atoms with Crippen molar-refractivity contribution in [2.45, 2.75) is 77.2 Å². The summed E-state index contributed by atoms with van der Waals surface area (Å²) in [6.07, 6.45) is 1.13. The van der Waals surface area contributed by atoms with Gasteiger partial charge in [-0.3, -0.25) is 4.79 Å². The third kappa shape index (κ3) is 8.50. The van der Waals surface area contributed by atoms with Gasteiger partial charge in [0.2, 0.25) is 0 Å². The van der Waals surface area contributed by atoms with Crippen molar-refractivity contribution in [1.82, 2.24) is 5.32 Å². The number of aryl methyl sites for hydroxylation is 1. The zero-order valence-corrected chi connectivity index (χ0v) is 21.7. The standard InChI is InChI=1S/C26H39NO5Si/c1-18(12-20-9-7-8-19(13-20)10-11-25(30)31)27-17-24(32-33(5,6)26(2,3)4)21-14-22(28)16-23(29)15-21/h7-9,13-16,18,24,27-29H,10-12,17H2,1-6H3,(H,30,31)/t18-,24+/m1/s1. The Kier molecular flexibility index (Phi) is 9.11. The number of hydrogen-bond donors (Lipinski definition) is 4. The predicted molar refractivity (Wildman–Crippen MR) is 134 cm³/mol. The third-order valence-electron chi connectivity index (χ3n) is 6.35. The van der Waals surface area contributed by atoms with Crippen molar-refractivity contribution >= 4 is 14.3 Å². The number of aliphatic carboxylic acids is 1. The number of carbonyl (C=O) groups is 1. The maximum Gasteiger partial charge on any atom is 0.303 e. The van der Waals surface area contributed by atoms with Crippen LogP contribution >= 0.6 is 0 Å². The third-order valence-corrected chi connectivity index (χ3v) is 10.8. The Morgan fingerprint density at radius 3 is 2.24 bits per heavy atom. The fourth-order valence-corrected chi connectivity index (χ4v) is 4.75. The van der Waals surface area contributed by atoms with Crippen molar-refractivity contribution < 1.29 is 24.5 Å². The van der Waals surface area contributed by atoms with Crippen molar-refractivity contribution in [3.8, 4) is 11.5 Å². The quantitative estimate of drug-likeness (QED) is 0.326. The molecular weight excluding hydrogens is 434 g/mol. The molecule has 0 saturated carbocycles. The van der Waals surface area contributed by atoms with E-state index in [0.29, 0.717) is 13.0 Å². The zero-order chi connectivity index (χ0) is 24.8. The van der Waals surface area contributed by atoms with Crippen molar-refractivity contribution in [2.75, 3.05) is 6.54 Å². The van der Waals surface area contributed by atoms with Crippen LogP contribution in [0.3, 0.4) is 0 Å². The van der Waals surface area contributed by atoms with Gasteiger partial charge < -0.3 is 25.1 Å². The Morgan fingerprint density at radius 2 is 1.67 bits per heavy atom. The molecule has 0 fully saturated rings.